The number of rotatable bonds is 3. The average molecular weight is 395 g/mol. The van der Waals surface area contributed by atoms with Crippen LogP contribution in [0.15, 0.2) is 48.2 Å². The molecule has 1 atom stereocenters. The van der Waals surface area contributed by atoms with Gasteiger partial charge in [-0.2, -0.15) is 5.26 Å². The molecule has 1 aliphatic heterocycles. The lowest BCUT2D eigenvalue weighted by atomic mass is 9.86. The number of hydrogen-bond acceptors (Lipinski definition) is 3. The normalized spacial score (nSPS) is 20.9. The number of carbonyl (C=O) groups excluding carboxylic acids is 2. The van der Waals surface area contributed by atoms with Gasteiger partial charge in [-0.3, -0.25) is 9.59 Å². The zero-order valence-corrected chi connectivity index (χ0v) is 16.2. The highest BCUT2D eigenvalue weighted by atomic mass is 19.1. The van der Waals surface area contributed by atoms with Crippen LogP contribution >= 0.6 is 0 Å². The second-order valence-corrected chi connectivity index (χ2v) is 7.14. The van der Waals surface area contributed by atoms with Gasteiger partial charge in [0.25, 0.3) is 11.8 Å². The fourth-order valence-corrected chi connectivity index (χ4v) is 3.43. The Kier molecular flexibility index (Phi) is 5.21. The minimum atomic E-state index is -1.40. The topological polar surface area (TPSA) is 64.4 Å². The summed E-state index contributed by atoms with van der Waals surface area (Å²) in [5, 5.41) is 9.26. The molecule has 29 heavy (non-hydrogen) atoms. The highest BCUT2D eigenvalue weighted by Crippen LogP contribution is 2.32. The highest BCUT2D eigenvalue weighted by molar-refractivity contribution is 6.08. The van der Waals surface area contributed by atoms with Gasteiger partial charge in [0.1, 0.15) is 22.9 Å². The van der Waals surface area contributed by atoms with E-state index in [1.807, 2.05) is 6.07 Å². The number of nitriles is 1. The molecule has 3 rings (SSSR count). The van der Waals surface area contributed by atoms with E-state index in [9.17, 15) is 23.6 Å². The van der Waals surface area contributed by atoms with Gasteiger partial charge in [0.15, 0.2) is 0 Å². The fourth-order valence-electron chi connectivity index (χ4n) is 3.43. The maximum atomic E-state index is 14.2. The van der Waals surface area contributed by atoms with E-state index >= 15 is 0 Å². The molecule has 2 amide bonds. The summed E-state index contributed by atoms with van der Waals surface area (Å²) < 4.78 is 27.7. The zero-order chi connectivity index (χ0) is 21.3. The van der Waals surface area contributed by atoms with Crippen molar-refractivity contribution in [3.63, 3.8) is 0 Å². The van der Waals surface area contributed by atoms with Gasteiger partial charge in [-0.05, 0) is 48.4 Å². The lowest BCUT2D eigenvalue weighted by Gasteiger charge is -2.45. The lowest BCUT2D eigenvalue weighted by Crippen LogP contribution is -2.64. The van der Waals surface area contributed by atoms with Crippen molar-refractivity contribution in [3.05, 3.63) is 76.5 Å². The Morgan fingerprint density at radius 3 is 2.52 bits per heavy atom. The second-order valence-electron chi connectivity index (χ2n) is 7.14. The van der Waals surface area contributed by atoms with Gasteiger partial charge in [0.2, 0.25) is 0 Å². The Bertz CT molecular complexity index is 1070. The second kappa shape index (κ2) is 7.47. The SMILES string of the molecule is CN1C(=O)C(C)(Cc2cc(F)ccc2F)N(C)C(=O)/C1=C/c1ccccc1C#N. The van der Waals surface area contributed by atoms with Crippen molar-refractivity contribution in [2.75, 3.05) is 14.1 Å². The maximum Gasteiger partial charge on any atom is 0.271 e. The van der Waals surface area contributed by atoms with E-state index in [1.54, 1.807) is 24.3 Å². The number of nitrogens with zero attached hydrogens (tertiary/aromatic N) is 3. The van der Waals surface area contributed by atoms with Crippen LogP contribution in [-0.2, 0) is 16.0 Å². The molecule has 0 aliphatic carbocycles. The summed E-state index contributed by atoms with van der Waals surface area (Å²) in [4.78, 5) is 28.7. The van der Waals surface area contributed by atoms with E-state index in [2.05, 4.69) is 0 Å². The van der Waals surface area contributed by atoms with Crippen molar-refractivity contribution in [3.8, 4) is 6.07 Å². The van der Waals surface area contributed by atoms with Crippen LogP contribution in [0, 0.1) is 23.0 Å². The fraction of sp³-hybridized carbons (Fsp3) is 0.227. The van der Waals surface area contributed by atoms with Crippen LogP contribution in [0.3, 0.4) is 0 Å². The van der Waals surface area contributed by atoms with Crippen molar-refractivity contribution in [2.24, 2.45) is 0 Å². The van der Waals surface area contributed by atoms with Crippen molar-refractivity contribution < 1.29 is 18.4 Å². The maximum absolute atomic E-state index is 14.2. The molecule has 0 bridgehead atoms. The molecule has 1 fully saturated rings. The van der Waals surface area contributed by atoms with E-state index in [1.165, 1.54) is 36.9 Å². The molecule has 0 aromatic heterocycles. The first-order chi connectivity index (χ1) is 13.7. The average Bonchev–Trinajstić information content (AvgIpc) is 2.71. The Balaban J connectivity index is 2.02. The first-order valence-electron chi connectivity index (χ1n) is 8.90. The van der Waals surface area contributed by atoms with Gasteiger partial charge >= 0.3 is 0 Å². The van der Waals surface area contributed by atoms with Crippen LogP contribution in [-0.4, -0.2) is 41.2 Å². The van der Waals surface area contributed by atoms with Crippen LogP contribution in [0.4, 0.5) is 8.78 Å². The predicted molar refractivity (Wildman–Crippen MR) is 103 cm³/mol. The third kappa shape index (κ3) is 3.49. The minimum absolute atomic E-state index is 0.0103. The number of carbonyl (C=O) groups is 2. The van der Waals surface area contributed by atoms with Crippen LogP contribution in [0.5, 0.6) is 0 Å². The molecule has 0 radical (unpaired) electrons. The highest BCUT2D eigenvalue weighted by Gasteiger charge is 2.49. The Labute approximate surface area is 167 Å². The van der Waals surface area contributed by atoms with E-state index in [4.69, 9.17) is 0 Å². The third-order valence-electron chi connectivity index (χ3n) is 5.31. The quantitative estimate of drug-likeness (QED) is 0.750. The molecule has 1 heterocycles. The molecule has 2 aromatic carbocycles. The summed E-state index contributed by atoms with van der Waals surface area (Å²) in [6.45, 7) is 1.52. The molecule has 1 saturated heterocycles. The number of hydrogen-bond donors (Lipinski definition) is 0. The molecule has 1 aliphatic rings. The van der Waals surface area contributed by atoms with E-state index in [0.717, 1.165) is 18.2 Å². The largest absolute Gasteiger partial charge is 0.326 e. The molecule has 7 heteroatoms. The number of piperazine rings is 1. The predicted octanol–water partition coefficient (Wildman–Crippen LogP) is 3.11. The Morgan fingerprint density at radius 1 is 1.14 bits per heavy atom. The molecule has 0 N–H and O–H groups in total. The summed E-state index contributed by atoms with van der Waals surface area (Å²) in [6, 6.07) is 11.8. The van der Waals surface area contributed by atoms with Gasteiger partial charge in [0, 0.05) is 20.5 Å². The van der Waals surface area contributed by atoms with Crippen LogP contribution < -0.4 is 0 Å². The van der Waals surface area contributed by atoms with E-state index in [0.29, 0.717) is 11.1 Å². The zero-order valence-electron chi connectivity index (χ0n) is 16.2. The van der Waals surface area contributed by atoms with Crippen LogP contribution in [0.1, 0.15) is 23.6 Å². The molecular formula is C22H19F2N3O2. The van der Waals surface area contributed by atoms with Gasteiger partial charge in [0.05, 0.1) is 11.6 Å². The number of benzene rings is 2. The minimum Gasteiger partial charge on any atom is -0.326 e. The molecule has 148 valence electrons. The standard InChI is InChI=1S/C22H19F2N3O2/c1-22(12-16-10-17(23)8-9-18(16)24)21(29)26(2)19(20(28)27(22)3)11-14-6-4-5-7-15(14)13-25/h4-11H,12H2,1-3H3/b19-11-. The first-order valence-corrected chi connectivity index (χ1v) is 8.90. The Morgan fingerprint density at radius 2 is 1.83 bits per heavy atom. The summed E-state index contributed by atoms with van der Waals surface area (Å²) in [7, 11) is 2.91. The summed E-state index contributed by atoms with van der Waals surface area (Å²) in [6.07, 6.45) is 1.31. The molecule has 1 unspecified atom stereocenters. The molecule has 0 spiro atoms. The Hall–Kier alpha value is -3.53. The molecular weight excluding hydrogens is 376 g/mol. The van der Waals surface area contributed by atoms with Crippen molar-refractivity contribution in [1.82, 2.24) is 9.80 Å². The number of halogens is 2. The van der Waals surface area contributed by atoms with Gasteiger partial charge in [-0.1, -0.05) is 18.2 Å². The smallest absolute Gasteiger partial charge is 0.271 e. The summed E-state index contributed by atoms with van der Waals surface area (Å²) in [5.41, 5.74) is -0.418. The molecule has 5 nitrogen and oxygen atoms in total. The van der Waals surface area contributed by atoms with E-state index in [-0.39, 0.29) is 17.7 Å². The number of likely N-dealkylation sites (N-methyl/N-ethyl adjacent to an activating group) is 2. The monoisotopic (exact) mass is 395 g/mol. The van der Waals surface area contributed by atoms with Gasteiger partial charge in [-0.25, -0.2) is 8.78 Å². The first kappa shape index (κ1) is 20.2. The van der Waals surface area contributed by atoms with Crippen molar-refractivity contribution >= 4 is 17.9 Å². The van der Waals surface area contributed by atoms with Crippen molar-refractivity contribution in [2.45, 2.75) is 18.9 Å². The number of amides is 2. The summed E-state index contributed by atoms with van der Waals surface area (Å²) >= 11 is 0. The lowest BCUT2D eigenvalue weighted by molar-refractivity contribution is -0.155. The van der Waals surface area contributed by atoms with Crippen LogP contribution in [0.2, 0.25) is 0 Å². The van der Waals surface area contributed by atoms with E-state index < -0.39 is 29.0 Å². The van der Waals surface area contributed by atoms with Gasteiger partial charge < -0.3 is 9.80 Å². The van der Waals surface area contributed by atoms with Crippen LogP contribution in [0.25, 0.3) is 6.08 Å². The van der Waals surface area contributed by atoms with Gasteiger partial charge in [-0.15, -0.1) is 0 Å². The van der Waals surface area contributed by atoms with Crippen molar-refractivity contribution in [1.29, 1.82) is 5.26 Å². The molecule has 0 saturated carbocycles. The third-order valence-corrected chi connectivity index (χ3v) is 5.31. The molecule has 2 aromatic rings. The summed E-state index contributed by atoms with van der Waals surface area (Å²) in [5.74, 6) is -2.17.